The molecule has 0 atom stereocenters. The molecule has 1 heterocycles. The first-order valence-corrected chi connectivity index (χ1v) is 5.59. The monoisotopic (exact) mass is 223 g/mol. The Morgan fingerprint density at radius 3 is 2.59 bits per heavy atom. The molecule has 1 aromatic heterocycles. The van der Waals surface area contributed by atoms with Crippen LogP contribution >= 0.6 is 0 Å². The van der Waals surface area contributed by atoms with Crippen LogP contribution in [-0.4, -0.2) is 12.1 Å². The summed E-state index contributed by atoms with van der Waals surface area (Å²) in [5, 5.41) is 1.22. The zero-order valence-corrected chi connectivity index (χ0v) is 9.60. The van der Waals surface area contributed by atoms with Gasteiger partial charge in [0.05, 0.1) is 12.6 Å². The van der Waals surface area contributed by atoms with E-state index in [9.17, 15) is 0 Å². The van der Waals surface area contributed by atoms with Crippen molar-refractivity contribution >= 4 is 10.9 Å². The third-order valence-corrected chi connectivity index (χ3v) is 2.98. The van der Waals surface area contributed by atoms with Gasteiger partial charge in [0.1, 0.15) is 5.75 Å². The third-order valence-electron chi connectivity index (χ3n) is 2.98. The summed E-state index contributed by atoms with van der Waals surface area (Å²) in [5.41, 5.74) is 3.44. The van der Waals surface area contributed by atoms with Crippen LogP contribution < -0.4 is 4.74 Å². The van der Waals surface area contributed by atoms with Crippen molar-refractivity contribution in [3.8, 4) is 16.9 Å². The van der Waals surface area contributed by atoms with Crippen molar-refractivity contribution in [2.24, 2.45) is 0 Å². The van der Waals surface area contributed by atoms with Crippen LogP contribution in [0.5, 0.6) is 5.75 Å². The highest BCUT2D eigenvalue weighted by Crippen LogP contribution is 2.33. The second-order valence-corrected chi connectivity index (χ2v) is 3.95. The van der Waals surface area contributed by atoms with E-state index < -0.39 is 0 Å². The summed E-state index contributed by atoms with van der Waals surface area (Å²) in [5.74, 6) is 0.898. The fourth-order valence-corrected chi connectivity index (χ4v) is 2.18. The molecule has 17 heavy (non-hydrogen) atoms. The molecule has 3 rings (SSSR count). The Labute approximate surface area is 99.9 Å². The summed E-state index contributed by atoms with van der Waals surface area (Å²) >= 11 is 0. The lowest BCUT2D eigenvalue weighted by molar-refractivity contribution is 0.416. The molecule has 0 fully saturated rings. The van der Waals surface area contributed by atoms with Gasteiger partial charge in [-0.2, -0.15) is 0 Å². The molecule has 0 aliphatic rings. The van der Waals surface area contributed by atoms with E-state index in [1.54, 1.807) is 7.11 Å². The number of methoxy groups -OCH3 is 1. The van der Waals surface area contributed by atoms with Crippen molar-refractivity contribution in [3.05, 3.63) is 54.7 Å². The van der Waals surface area contributed by atoms with Gasteiger partial charge in [-0.25, -0.2) is 0 Å². The topological polar surface area (TPSA) is 25.0 Å². The molecular weight excluding hydrogens is 210 g/mol. The summed E-state index contributed by atoms with van der Waals surface area (Å²) in [4.78, 5) is 3.28. The van der Waals surface area contributed by atoms with E-state index >= 15 is 0 Å². The predicted molar refractivity (Wildman–Crippen MR) is 70.3 cm³/mol. The second kappa shape index (κ2) is 3.98. The maximum absolute atomic E-state index is 5.41. The Morgan fingerprint density at radius 1 is 0.882 bits per heavy atom. The molecule has 0 amide bonds. The number of hydrogen-bond donors (Lipinski definition) is 1. The average molecular weight is 223 g/mol. The number of ether oxygens (including phenoxy) is 1. The number of aromatic nitrogens is 1. The van der Waals surface area contributed by atoms with Gasteiger partial charge in [-0.1, -0.05) is 36.4 Å². The maximum Gasteiger partial charge on any atom is 0.126 e. The van der Waals surface area contributed by atoms with E-state index in [1.807, 2.05) is 24.4 Å². The van der Waals surface area contributed by atoms with Crippen LogP contribution in [0.25, 0.3) is 22.0 Å². The molecule has 1 N–H and O–H groups in total. The molecule has 0 unspecified atom stereocenters. The van der Waals surface area contributed by atoms with Gasteiger partial charge in [-0.15, -0.1) is 0 Å². The minimum atomic E-state index is 0.898. The van der Waals surface area contributed by atoms with Crippen molar-refractivity contribution in [2.45, 2.75) is 0 Å². The molecule has 2 heteroatoms. The number of H-pyrrole nitrogens is 1. The Balaban J connectivity index is 2.30. The van der Waals surface area contributed by atoms with Crippen LogP contribution in [0.2, 0.25) is 0 Å². The van der Waals surface area contributed by atoms with E-state index in [2.05, 4.69) is 35.3 Å². The quantitative estimate of drug-likeness (QED) is 0.701. The molecule has 0 bridgehead atoms. The van der Waals surface area contributed by atoms with Gasteiger partial charge in [0.15, 0.2) is 0 Å². The standard InChI is InChI=1S/C15H13NO/c1-17-14-8-3-2-6-12(14)13-7-4-5-11-9-10-16-15(11)13/h2-10,16H,1H3. The molecule has 2 aromatic carbocycles. The van der Waals surface area contributed by atoms with Crippen LogP contribution in [0.15, 0.2) is 54.7 Å². The van der Waals surface area contributed by atoms with Gasteiger partial charge in [-0.3, -0.25) is 0 Å². The van der Waals surface area contributed by atoms with E-state index in [0.717, 1.165) is 16.8 Å². The Hall–Kier alpha value is -2.22. The highest BCUT2D eigenvalue weighted by molar-refractivity contribution is 5.95. The lowest BCUT2D eigenvalue weighted by Crippen LogP contribution is -1.88. The predicted octanol–water partition coefficient (Wildman–Crippen LogP) is 3.84. The van der Waals surface area contributed by atoms with Gasteiger partial charge in [-0.05, 0) is 17.5 Å². The Morgan fingerprint density at radius 2 is 1.71 bits per heavy atom. The molecule has 84 valence electrons. The minimum Gasteiger partial charge on any atom is -0.496 e. The summed E-state index contributed by atoms with van der Waals surface area (Å²) in [6.07, 6.45) is 1.96. The maximum atomic E-state index is 5.41. The van der Waals surface area contributed by atoms with Crippen LogP contribution in [0.4, 0.5) is 0 Å². The summed E-state index contributed by atoms with van der Waals surface area (Å²) in [6.45, 7) is 0. The number of para-hydroxylation sites is 2. The first-order chi connectivity index (χ1) is 8.40. The van der Waals surface area contributed by atoms with E-state index in [-0.39, 0.29) is 0 Å². The minimum absolute atomic E-state index is 0.898. The molecular formula is C15H13NO. The zero-order valence-electron chi connectivity index (χ0n) is 9.60. The molecule has 2 nitrogen and oxygen atoms in total. The van der Waals surface area contributed by atoms with Gasteiger partial charge in [0.2, 0.25) is 0 Å². The molecule has 3 aromatic rings. The summed E-state index contributed by atoms with van der Waals surface area (Å²) in [7, 11) is 1.70. The van der Waals surface area contributed by atoms with Crippen molar-refractivity contribution in [1.82, 2.24) is 4.98 Å². The molecule has 0 aliphatic carbocycles. The number of fused-ring (bicyclic) bond motifs is 1. The molecule has 0 saturated heterocycles. The van der Waals surface area contributed by atoms with Gasteiger partial charge < -0.3 is 9.72 Å². The molecule has 0 radical (unpaired) electrons. The fraction of sp³-hybridized carbons (Fsp3) is 0.0667. The average Bonchev–Trinajstić information content (AvgIpc) is 2.86. The van der Waals surface area contributed by atoms with Crippen LogP contribution in [0.1, 0.15) is 0 Å². The van der Waals surface area contributed by atoms with E-state index in [1.165, 1.54) is 10.9 Å². The summed E-state index contributed by atoms with van der Waals surface area (Å²) < 4.78 is 5.41. The van der Waals surface area contributed by atoms with Crippen molar-refractivity contribution < 1.29 is 4.74 Å². The molecule has 0 saturated carbocycles. The van der Waals surface area contributed by atoms with Gasteiger partial charge >= 0.3 is 0 Å². The first-order valence-electron chi connectivity index (χ1n) is 5.59. The zero-order chi connectivity index (χ0) is 11.7. The summed E-state index contributed by atoms with van der Waals surface area (Å²) in [6, 6.07) is 16.4. The normalized spacial score (nSPS) is 10.6. The lowest BCUT2D eigenvalue weighted by Gasteiger charge is -2.09. The van der Waals surface area contributed by atoms with Crippen molar-refractivity contribution in [3.63, 3.8) is 0 Å². The second-order valence-electron chi connectivity index (χ2n) is 3.95. The van der Waals surface area contributed by atoms with Crippen molar-refractivity contribution in [2.75, 3.05) is 7.11 Å². The SMILES string of the molecule is COc1ccccc1-c1cccc2cc[nH]c12. The fourth-order valence-electron chi connectivity index (χ4n) is 2.18. The molecule has 0 spiro atoms. The Kier molecular flexibility index (Phi) is 2.33. The largest absolute Gasteiger partial charge is 0.496 e. The van der Waals surface area contributed by atoms with Crippen LogP contribution in [0, 0.1) is 0 Å². The van der Waals surface area contributed by atoms with Crippen LogP contribution in [-0.2, 0) is 0 Å². The van der Waals surface area contributed by atoms with Crippen LogP contribution in [0.3, 0.4) is 0 Å². The van der Waals surface area contributed by atoms with Crippen molar-refractivity contribution in [1.29, 1.82) is 0 Å². The van der Waals surface area contributed by atoms with E-state index in [4.69, 9.17) is 4.74 Å². The first kappa shape index (κ1) is 9.97. The molecule has 0 aliphatic heterocycles. The number of aromatic amines is 1. The van der Waals surface area contributed by atoms with Gasteiger partial charge in [0.25, 0.3) is 0 Å². The van der Waals surface area contributed by atoms with E-state index in [0.29, 0.717) is 0 Å². The number of benzene rings is 2. The number of rotatable bonds is 2. The smallest absolute Gasteiger partial charge is 0.126 e. The lowest BCUT2D eigenvalue weighted by atomic mass is 10.0. The highest BCUT2D eigenvalue weighted by Gasteiger charge is 2.08. The number of hydrogen-bond acceptors (Lipinski definition) is 1. The van der Waals surface area contributed by atoms with Gasteiger partial charge in [0, 0.05) is 17.3 Å². The third kappa shape index (κ3) is 1.58. The number of nitrogens with one attached hydrogen (secondary N) is 1. The highest BCUT2D eigenvalue weighted by atomic mass is 16.5. The Bertz CT molecular complexity index is 655.